The smallest absolute Gasteiger partial charge is 0.173 e. The van der Waals surface area contributed by atoms with Gasteiger partial charge < -0.3 is 26.3 Å². The minimum Gasteiger partial charge on any atom is -0.398 e. The Kier molecular flexibility index (Phi) is 5.92. The van der Waals surface area contributed by atoms with E-state index in [0.717, 1.165) is 58.3 Å². The van der Waals surface area contributed by atoms with Crippen LogP contribution < -0.4 is 21.8 Å². The van der Waals surface area contributed by atoms with Crippen molar-refractivity contribution in [2.24, 2.45) is 0 Å². The molecule has 0 radical (unpaired) electrons. The second-order valence-corrected chi connectivity index (χ2v) is 8.41. The predicted molar refractivity (Wildman–Crippen MR) is 142 cm³/mol. The number of benzene rings is 2. The second-order valence-electron chi connectivity index (χ2n) is 8.02. The van der Waals surface area contributed by atoms with Crippen LogP contribution in [0.3, 0.4) is 0 Å². The molecular weight excluding hydrogens is 444 g/mol. The zero-order chi connectivity index (χ0) is 23.5. The Labute approximate surface area is 202 Å². The van der Waals surface area contributed by atoms with Gasteiger partial charge in [-0.1, -0.05) is 24.3 Å². The number of fused-ring (bicyclic) bond motifs is 1. The molecule has 0 fully saturated rings. The molecule has 0 unspecified atom stereocenters. The fraction of sp³-hybridized carbons (Fsp3) is 0.120. The first-order valence-electron chi connectivity index (χ1n) is 11.0. The molecule has 7 N–H and O–H groups in total. The van der Waals surface area contributed by atoms with Crippen LogP contribution in [0.15, 0.2) is 67.0 Å². The Morgan fingerprint density at radius 3 is 2.74 bits per heavy atom. The summed E-state index contributed by atoms with van der Waals surface area (Å²) >= 11 is 5.60. The van der Waals surface area contributed by atoms with E-state index in [1.807, 2.05) is 48.5 Å². The zero-order valence-electron chi connectivity index (χ0n) is 18.5. The first-order chi connectivity index (χ1) is 16.6. The van der Waals surface area contributed by atoms with Crippen molar-refractivity contribution >= 4 is 63.0 Å². The van der Waals surface area contributed by atoms with Crippen LogP contribution in [0.4, 0.5) is 22.9 Å². The quantitative estimate of drug-likeness (QED) is 0.173. The molecular formula is C25H25N8S+. The number of nitrogens with zero attached hydrogens (tertiary/aromatic N) is 3. The maximum absolute atomic E-state index is 5.95. The summed E-state index contributed by atoms with van der Waals surface area (Å²) in [6.45, 7) is 1.57. The van der Waals surface area contributed by atoms with E-state index in [-0.39, 0.29) is 0 Å². The fourth-order valence-corrected chi connectivity index (χ4v) is 4.25. The molecule has 34 heavy (non-hydrogen) atoms. The zero-order valence-corrected chi connectivity index (χ0v) is 19.3. The van der Waals surface area contributed by atoms with E-state index in [1.54, 1.807) is 6.33 Å². The number of hydrogen-bond acceptors (Lipinski definition) is 5. The standard InChI is InChI=1S/C25H24N8S/c26-14-17-12-19(6-7-21(17)27)30-23-20-13-22(32-24(20)29-15-28-23)16-8-10-33(11-9-16)25(34)31-18-4-2-1-3-5-18/h1-8,12-15,26H,9-11,27H2,(H,31,34)(H2,28,29,30,32)/p+1. The lowest BCUT2D eigenvalue weighted by Crippen LogP contribution is -2.37. The number of nitrogen functional groups attached to an aromatic ring is 1. The number of aromatic nitrogens is 3. The highest BCUT2D eigenvalue weighted by molar-refractivity contribution is 7.80. The van der Waals surface area contributed by atoms with Crippen LogP contribution in [0.5, 0.6) is 0 Å². The molecule has 0 amide bonds. The molecule has 0 spiro atoms. The lowest BCUT2D eigenvalue weighted by molar-refractivity contribution is -0.104. The van der Waals surface area contributed by atoms with Crippen LogP contribution in [0.2, 0.25) is 0 Å². The normalized spacial score (nSPS) is 13.4. The van der Waals surface area contributed by atoms with Crippen LogP contribution in [-0.4, -0.2) is 44.3 Å². The largest absolute Gasteiger partial charge is 0.398 e. The van der Waals surface area contributed by atoms with Crippen LogP contribution >= 0.6 is 12.2 Å². The molecule has 5 rings (SSSR count). The van der Waals surface area contributed by atoms with E-state index < -0.39 is 0 Å². The summed E-state index contributed by atoms with van der Waals surface area (Å²) < 4.78 is 0. The van der Waals surface area contributed by atoms with E-state index in [4.69, 9.17) is 23.4 Å². The number of nitrogens with one attached hydrogen (secondary N) is 3. The van der Waals surface area contributed by atoms with E-state index >= 15 is 0 Å². The van der Waals surface area contributed by atoms with Crippen LogP contribution in [-0.2, 0) is 0 Å². The number of aromatic amines is 1. The van der Waals surface area contributed by atoms with Crippen molar-refractivity contribution in [3.63, 3.8) is 0 Å². The number of rotatable bonds is 5. The van der Waals surface area contributed by atoms with Gasteiger partial charge >= 0.3 is 0 Å². The maximum atomic E-state index is 5.95. The summed E-state index contributed by atoms with van der Waals surface area (Å²) in [5, 5.41) is 14.0. The van der Waals surface area contributed by atoms with E-state index in [2.05, 4.69) is 42.6 Å². The summed E-state index contributed by atoms with van der Waals surface area (Å²) in [6, 6.07) is 17.7. The Bertz CT molecular complexity index is 1390. The minimum atomic E-state index is 0.626. The van der Waals surface area contributed by atoms with Gasteiger partial charge in [-0.25, -0.2) is 9.97 Å². The molecule has 0 atom stereocenters. The summed E-state index contributed by atoms with van der Waals surface area (Å²) in [5.41, 5.74) is 12.2. The van der Waals surface area contributed by atoms with Gasteiger partial charge in [-0.15, -0.1) is 0 Å². The third-order valence-electron chi connectivity index (χ3n) is 5.82. The van der Waals surface area contributed by atoms with E-state index in [9.17, 15) is 0 Å². The Hall–Kier alpha value is -4.24. The highest BCUT2D eigenvalue weighted by Gasteiger charge is 2.18. The van der Waals surface area contributed by atoms with Gasteiger partial charge in [-0.05, 0) is 60.6 Å². The molecule has 9 heteroatoms. The summed E-state index contributed by atoms with van der Waals surface area (Å²) in [5.74, 6) is 0.714. The van der Waals surface area contributed by atoms with E-state index in [0.29, 0.717) is 11.5 Å². The predicted octanol–water partition coefficient (Wildman–Crippen LogP) is 2.95. The van der Waals surface area contributed by atoms with Crippen molar-refractivity contribution in [1.82, 2.24) is 19.9 Å². The Morgan fingerprint density at radius 1 is 1.12 bits per heavy atom. The number of H-pyrrole nitrogens is 1. The monoisotopic (exact) mass is 469 g/mol. The molecule has 1 aliphatic heterocycles. The number of para-hydroxylation sites is 1. The molecule has 170 valence electrons. The average molecular weight is 470 g/mol. The first kappa shape index (κ1) is 21.6. The number of anilines is 4. The van der Waals surface area contributed by atoms with Crippen LogP contribution in [0.1, 0.15) is 17.7 Å². The number of thiocarbonyl (C=S) groups is 1. The maximum Gasteiger partial charge on any atom is 0.173 e. The Morgan fingerprint density at radius 2 is 1.97 bits per heavy atom. The van der Waals surface area contributed by atoms with Crippen LogP contribution in [0.25, 0.3) is 16.6 Å². The van der Waals surface area contributed by atoms with Gasteiger partial charge in [0.25, 0.3) is 0 Å². The SMILES string of the molecule is Nc1ccc(Nc2ncnc3[nH]c(C4=CCN(C(=S)Nc5ccccc5)CC4)cc23)cc1C=[NH2+]. The van der Waals surface area contributed by atoms with Crippen molar-refractivity contribution in [2.45, 2.75) is 6.42 Å². The molecule has 3 heterocycles. The highest BCUT2D eigenvalue weighted by atomic mass is 32.1. The molecule has 0 aliphatic carbocycles. The molecule has 2 aromatic carbocycles. The van der Waals surface area contributed by atoms with Crippen LogP contribution in [0, 0.1) is 0 Å². The van der Waals surface area contributed by atoms with Gasteiger partial charge in [0, 0.05) is 35.8 Å². The van der Waals surface area contributed by atoms with Gasteiger partial charge in [-0.3, -0.25) is 5.41 Å². The molecule has 0 bridgehead atoms. The molecule has 0 saturated heterocycles. The Balaban J connectivity index is 1.33. The van der Waals surface area contributed by atoms with Gasteiger partial charge in [0.2, 0.25) is 0 Å². The molecule has 8 nitrogen and oxygen atoms in total. The summed E-state index contributed by atoms with van der Waals surface area (Å²) in [6.07, 6.45) is 6.11. The third-order valence-corrected chi connectivity index (χ3v) is 6.18. The topological polar surface area (TPSA) is 120 Å². The number of hydrogen-bond donors (Lipinski definition) is 5. The van der Waals surface area contributed by atoms with Gasteiger partial charge in [0.05, 0.1) is 10.9 Å². The lowest BCUT2D eigenvalue weighted by atomic mass is 10.1. The fourth-order valence-electron chi connectivity index (χ4n) is 3.97. The third kappa shape index (κ3) is 4.46. The van der Waals surface area contributed by atoms with Crippen molar-refractivity contribution < 1.29 is 5.41 Å². The minimum absolute atomic E-state index is 0.626. The molecule has 4 aromatic rings. The van der Waals surface area contributed by atoms with Crippen molar-refractivity contribution in [2.75, 3.05) is 29.5 Å². The number of nitrogens with two attached hydrogens (primary N) is 2. The summed E-state index contributed by atoms with van der Waals surface area (Å²) in [7, 11) is 0. The second kappa shape index (κ2) is 9.32. The van der Waals surface area contributed by atoms with Gasteiger partial charge in [0.1, 0.15) is 17.8 Å². The van der Waals surface area contributed by atoms with Gasteiger partial charge in [0.15, 0.2) is 11.3 Å². The van der Waals surface area contributed by atoms with Crippen molar-refractivity contribution in [3.05, 3.63) is 78.3 Å². The molecule has 2 aromatic heterocycles. The van der Waals surface area contributed by atoms with Crippen molar-refractivity contribution in [3.8, 4) is 0 Å². The van der Waals surface area contributed by atoms with E-state index in [1.165, 1.54) is 11.8 Å². The molecule has 1 aliphatic rings. The lowest BCUT2D eigenvalue weighted by Gasteiger charge is -2.28. The van der Waals surface area contributed by atoms with Crippen molar-refractivity contribution in [1.29, 1.82) is 0 Å². The first-order valence-corrected chi connectivity index (χ1v) is 11.4. The highest BCUT2D eigenvalue weighted by Crippen LogP contribution is 2.29. The van der Waals surface area contributed by atoms with Gasteiger partial charge in [-0.2, -0.15) is 0 Å². The molecule has 0 saturated carbocycles. The summed E-state index contributed by atoms with van der Waals surface area (Å²) in [4.78, 5) is 14.5. The average Bonchev–Trinajstić information content (AvgIpc) is 3.31.